The number of hydrogen-bond donors (Lipinski definition) is 0. The van der Waals surface area contributed by atoms with Crippen LogP contribution in [0.5, 0.6) is 11.5 Å². The van der Waals surface area contributed by atoms with Crippen LogP contribution < -0.4 is 9.47 Å². The fraction of sp³-hybridized carbons (Fsp3) is 0.533. The summed E-state index contributed by atoms with van der Waals surface area (Å²) in [6.07, 6.45) is 0. The van der Waals surface area contributed by atoms with Gasteiger partial charge in [0.05, 0.1) is 14.2 Å². The molecule has 0 saturated heterocycles. The van der Waals surface area contributed by atoms with Crippen molar-refractivity contribution in [2.24, 2.45) is 0 Å². The molecule has 0 aliphatic rings. The molecule has 0 bridgehead atoms. The molecule has 0 aromatic heterocycles. The summed E-state index contributed by atoms with van der Waals surface area (Å²) < 4.78 is 20.6. The summed E-state index contributed by atoms with van der Waals surface area (Å²) in [5, 5.41) is 0. The SMILES string of the molecule is COCOc1c(C(=O)OC)cc(OC)cc1C(C)(C)C. The number of esters is 1. The number of carbonyl (C=O) groups excluding carboxylic acids is 1. The zero-order valence-corrected chi connectivity index (χ0v) is 12.9. The number of rotatable bonds is 5. The van der Waals surface area contributed by atoms with Crippen LogP contribution in [0.1, 0.15) is 36.7 Å². The van der Waals surface area contributed by atoms with E-state index in [2.05, 4.69) is 0 Å². The van der Waals surface area contributed by atoms with Crippen LogP contribution in [0, 0.1) is 0 Å². The molecule has 1 aromatic carbocycles. The van der Waals surface area contributed by atoms with Crippen molar-refractivity contribution in [2.45, 2.75) is 26.2 Å². The largest absolute Gasteiger partial charge is 0.497 e. The molecule has 0 spiro atoms. The molecule has 0 heterocycles. The second-order valence-electron chi connectivity index (χ2n) is 5.34. The highest BCUT2D eigenvalue weighted by Crippen LogP contribution is 2.38. The normalized spacial score (nSPS) is 11.1. The first kappa shape index (κ1) is 16.3. The van der Waals surface area contributed by atoms with Gasteiger partial charge in [-0.05, 0) is 17.5 Å². The maximum Gasteiger partial charge on any atom is 0.341 e. The topological polar surface area (TPSA) is 54.0 Å². The van der Waals surface area contributed by atoms with Crippen molar-refractivity contribution < 1.29 is 23.7 Å². The van der Waals surface area contributed by atoms with Crippen LogP contribution in [0.25, 0.3) is 0 Å². The number of carbonyl (C=O) groups is 1. The van der Waals surface area contributed by atoms with Gasteiger partial charge in [-0.3, -0.25) is 0 Å². The highest BCUT2D eigenvalue weighted by atomic mass is 16.7. The predicted molar refractivity (Wildman–Crippen MR) is 75.5 cm³/mol. The van der Waals surface area contributed by atoms with Crippen molar-refractivity contribution in [3.05, 3.63) is 23.3 Å². The quantitative estimate of drug-likeness (QED) is 0.614. The third-order valence-electron chi connectivity index (χ3n) is 2.83. The van der Waals surface area contributed by atoms with Crippen LogP contribution in [0.3, 0.4) is 0 Å². The first-order chi connectivity index (χ1) is 9.35. The summed E-state index contributed by atoms with van der Waals surface area (Å²) in [4.78, 5) is 11.9. The van der Waals surface area contributed by atoms with E-state index in [-0.39, 0.29) is 12.2 Å². The Kier molecular flexibility index (Phi) is 5.39. The average molecular weight is 282 g/mol. The Morgan fingerprint density at radius 3 is 2.25 bits per heavy atom. The highest BCUT2D eigenvalue weighted by Gasteiger charge is 2.26. The van der Waals surface area contributed by atoms with E-state index >= 15 is 0 Å². The molecular weight excluding hydrogens is 260 g/mol. The van der Waals surface area contributed by atoms with Gasteiger partial charge < -0.3 is 18.9 Å². The summed E-state index contributed by atoms with van der Waals surface area (Å²) in [7, 11) is 4.41. The van der Waals surface area contributed by atoms with Gasteiger partial charge in [0.2, 0.25) is 0 Å². The lowest BCUT2D eigenvalue weighted by Gasteiger charge is -2.25. The molecule has 20 heavy (non-hydrogen) atoms. The fourth-order valence-electron chi connectivity index (χ4n) is 1.81. The van der Waals surface area contributed by atoms with E-state index in [0.717, 1.165) is 5.56 Å². The van der Waals surface area contributed by atoms with Crippen LogP contribution in [-0.2, 0) is 14.9 Å². The first-order valence-electron chi connectivity index (χ1n) is 6.27. The minimum Gasteiger partial charge on any atom is -0.497 e. The summed E-state index contributed by atoms with van der Waals surface area (Å²) >= 11 is 0. The minimum absolute atomic E-state index is 0.0550. The van der Waals surface area contributed by atoms with Crippen LogP contribution in [0.2, 0.25) is 0 Å². The summed E-state index contributed by atoms with van der Waals surface area (Å²) in [6.45, 7) is 6.15. The van der Waals surface area contributed by atoms with Crippen molar-refractivity contribution in [3.63, 3.8) is 0 Å². The molecule has 0 aliphatic carbocycles. The molecule has 0 N–H and O–H groups in total. The molecule has 5 heteroatoms. The van der Waals surface area contributed by atoms with Crippen LogP contribution in [0.15, 0.2) is 12.1 Å². The Morgan fingerprint density at radius 1 is 1.15 bits per heavy atom. The van der Waals surface area contributed by atoms with E-state index in [9.17, 15) is 4.79 Å². The summed E-state index contributed by atoms with van der Waals surface area (Å²) in [5.41, 5.74) is 0.962. The Morgan fingerprint density at radius 2 is 1.80 bits per heavy atom. The van der Waals surface area contributed by atoms with Gasteiger partial charge in [-0.2, -0.15) is 0 Å². The molecular formula is C15H22O5. The summed E-state index contributed by atoms with van der Waals surface area (Å²) in [6, 6.07) is 3.46. The van der Waals surface area contributed by atoms with E-state index in [1.54, 1.807) is 13.2 Å². The van der Waals surface area contributed by atoms with Gasteiger partial charge >= 0.3 is 5.97 Å². The van der Waals surface area contributed by atoms with Gasteiger partial charge in [0.15, 0.2) is 6.79 Å². The van der Waals surface area contributed by atoms with E-state index in [1.165, 1.54) is 14.2 Å². The Hall–Kier alpha value is -1.75. The molecule has 0 radical (unpaired) electrons. The lowest BCUT2D eigenvalue weighted by molar-refractivity contribution is 0.0453. The molecule has 1 rings (SSSR count). The number of hydrogen-bond acceptors (Lipinski definition) is 5. The number of benzene rings is 1. The first-order valence-corrected chi connectivity index (χ1v) is 6.27. The molecule has 5 nitrogen and oxygen atoms in total. The van der Waals surface area contributed by atoms with E-state index < -0.39 is 5.97 Å². The second kappa shape index (κ2) is 6.61. The zero-order valence-electron chi connectivity index (χ0n) is 12.9. The Bertz CT molecular complexity index is 474. The van der Waals surface area contributed by atoms with E-state index in [4.69, 9.17) is 18.9 Å². The van der Waals surface area contributed by atoms with Gasteiger partial charge in [0, 0.05) is 12.7 Å². The molecule has 112 valence electrons. The van der Waals surface area contributed by atoms with Crippen molar-refractivity contribution in [1.82, 2.24) is 0 Å². The number of methoxy groups -OCH3 is 3. The van der Waals surface area contributed by atoms with Crippen LogP contribution >= 0.6 is 0 Å². The fourth-order valence-corrected chi connectivity index (χ4v) is 1.81. The standard InChI is InChI=1S/C15H22O5/c1-15(2,3)12-8-10(18-5)7-11(14(16)19-6)13(12)20-9-17-4/h7-8H,9H2,1-6H3. The molecule has 0 fully saturated rings. The van der Waals surface area contributed by atoms with E-state index in [0.29, 0.717) is 17.1 Å². The molecule has 0 aliphatic heterocycles. The van der Waals surface area contributed by atoms with Crippen LogP contribution in [0.4, 0.5) is 0 Å². The molecule has 0 amide bonds. The molecule has 0 unspecified atom stereocenters. The number of ether oxygens (including phenoxy) is 4. The Labute approximate surface area is 119 Å². The van der Waals surface area contributed by atoms with Gasteiger partial charge in [-0.15, -0.1) is 0 Å². The van der Waals surface area contributed by atoms with Gasteiger partial charge in [-0.25, -0.2) is 4.79 Å². The van der Waals surface area contributed by atoms with Gasteiger partial charge in [0.1, 0.15) is 17.1 Å². The third-order valence-corrected chi connectivity index (χ3v) is 2.83. The average Bonchev–Trinajstić information content (AvgIpc) is 2.42. The van der Waals surface area contributed by atoms with Crippen molar-refractivity contribution in [2.75, 3.05) is 28.1 Å². The van der Waals surface area contributed by atoms with Gasteiger partial charge in [-0.1, -0.05) is 20.8 Å². The minimum atomic E-state index is -0.472. The van der Waals surface area contributed by atoms with E-state index in [1.807, 2.05) is 26.8 Å². The van der Waals surface area contributed by atoms with Crippen LogP contribution in [-0.4, -0.2) is 34.1 Å². The Balaban J connectivity index is 3.49. The predicted octanol–water partition coefficient (Wildman–Crippen LogP) is 2.76. The zero-order chi connectivity index (χ0) is 15.3. The van der Waals surface area contributed by atoms with Crippen molar-refractivity contribution >= 4 is 5.97 Å². The molecule has 0 saturated carbocycles. The smallest absolute Gasteiger partial charge is 0.341 e. The third kappa shape index (κ3) is 3.63. The maximum absolute atomic E-state index is 11.9. The molecule has 0 atom stereocenters. The monoisotopic (exact) mass is 282 g/mol. The highest BCUT2D eigenvalue weighted by molar-refractivity contribution is 5.93. The maximum atomic E-state index is 11.9. The lowest BCUT2D eigenvalue weighted by atomic mass is 9.85. The molecule has 1 aromatic rings. The van der Waals surface area contributed by atoms with Crippen molar-refractivity contribution in [1.29, 1.82) is 0 Å². The second-order valence-corrected chi connectivity index (χ2v) is 5.34. The van der Waals surface area contributed by atoms with Crippen molar-refractivity contribution in [3.8, 4) is 11.5 Å². The van der Waals surface area contributed by atoms with Gasteiger partial charge in [0.25, 0.3) is 0 Å². The lowest BCUT2D eigenvalue weighted by Crippen LogP contribution is -2.18. The summed E-state index contributed by atoms with van der Waals surface area (Å²) in [5.74, 6) is 0.576.